The molecule has 190 valence electrons. The minimum absolute atomic E-state index is 0.164. The summed E-state index contributed by atoms with van der Waals surface area (Å²) >= 11 is 19.6. The van der Waals surface area contributed by atoms with Crippen LogP contribution in [0.15, 0.2) is 82.8 Å². The Bertz CT molecular complexity index is 1640. The topological polar surface area (TPSA) is 91.4 Å². The molecule has 12 heteroatoms. The number of nitrogens with zero attached hydrogens (tertiary/aromatic N) is 2. The van der Waals surface area contributed by atoms with Gasteiger partial charge in [-0.15, -0.1) is 11.3 Å². The van der Waals surface area contributed by atoms with Gasteiger partial charge in [0.25, 0.3) is 17.7 Å². The first kappa shape index (κ1) is 25.9. The van der Waals surface area contributed by atoms with E-state index < -0.39 is 23.5 Å². The molecule has 2 N–H and O–H groups in total. The molecule has 0 unspecified atom stereocenters. The van der Waals surface area contributed by atoms with Crippen molar-refractivity contribution in [2.75, 3.05) is 15.5 Å². The van der Waals surface area contributed by atoms with E-state index in [9.17, 15) is 18.8 Å². The smallest absolute Gasteiger partial charge is 0.283 e. The first-order chi connectivity index (χ1) is 18.2. The number of halogens is 4. The lowest BCUT2D eigenvalue weighted by atomic mass is 10.2. The van der Waals surface area contributed by atoms with E-state index in [1.807, 2.05) is 0 Å². The number of hydrogen-bond acceptors (Lipinski definition) is 6. The summed E-state index contributed by atoms with van der Waals surface area (Å²) in [5.74, 6) is -2.42. The summed E-state index contributed by atoms with van der Waals surface area (Å²) in [6.45, 7) is 0. The third kappa shape index (κ3) is 5.14. The van der Waals surface area contributed by atoms with Gasteiger partial charge >= 0.3 is 0 Å². The van der Waals surface area contributed by atoms with Gasteiger partial charge in [0.2, 0.25) is 0 Å². The highest BCUT2D eigenvalue weighted by atomic mass is 35.5. The Hall–Kier alpha value is -3.76. The Balaban J connectivity index is 1.31. The highest BCUT2D eigenvalue weighted by molar-refractivity contribution is 7.14. The van der Waals surface area contributed by atoms with Crippen LogP contribution >= 0.6 is 46.1 Å². The molecule has 1 aliphatic rings. The van der Waals surface area contributed by atoms with Crippen molar-refractivity contribution >= 4 is 80.4 Å². The van der Waals surface area contributed by atoms with Crippen LogP contribution < -0.4 is 15.5 Å². The molecule has 3 amide bonds. The monoisotopic (exact) mass is 586 g/mol. The number of amides is 3. The summed E-state index contributed by atoms with van der Waals surface area (Å²) < 4.78 is 13.3. The quantitative estimate of drug-likeness (QED) is 0.238. The van der Waals surface area contributed by atoms with E-state index in [1.165, 1.54) is 29.5 Å². The number of nitrogens with one attached hydrogen (secondary N) is 2. The predicted molar refractivity (Wildman–Crippen MR) is 147 cm³/mol. The molecular formula is C26H14Cl3FN4O3S. The van der Waals surface area contributed by atoms with Crippen molar-refractivity contribution in [3.05, 3.63) is 104 Å². The van der Waals surface area contributed by atoms with Gasteiger partial charge in [-0.1, -0.05) is 40.9 Å². The highest BCUT2D eigenvalue weighted by Gasteiger charge is 2.39. The molecule has 0 bridgehead atoms. The van der Waals surface area contributed by atoms with Crippen LogP contribution in [0.4, 0.5) is 20.9 Å². The van der Waals surface area contributed by atoms with Crippen LogP contribution in [0.2, 0.25) is 10.0 Å². The molecule has 1 aromatic heterocycles. The van der Waals surface area contributed by atoms with Crippen molar-refractivity contribution in [2.45, 2.75) is 0 Å². The second kappa shape index (κ2) is 10.5. The zero-order valence-corrected chi connectivity index (χ0v) is 22.1. The fourth-order valence-electron chi connectivity index (χ4n) is 3.64. The summed E-state index contributed by atoms with van der Waals surface area (Å²) in [4.78, 5) is 43.7. The van der Waals surface area contributed by atoms with Crippen LogP contribution in [-0.2, 0) is 9.59 Å². The maximum absolute atomic E-state index is 13.3. The lowest BCUT2D eigenvalue weighted by Crippen LogP contribution is -2.32. The normalized spacial score (nSPS) is 13.3. The number of rotatable bonds is 6. The van der Waals surface area contributed by atoms with E-state index in [0.717, 1.165) is 17.0 Å². The van der Waals surface area contributed by atoms with Crippen molar-refractivity contribution in [1.82, 2.24) is 4.98 Å². The van der Waals surface area contributed by atoms with Gasteiger partial charge in [-0.05, 0) is 60.7 Å². The molecule has 0 atom stereocenters. The number of thiazole rings is 1. The number of anilines is 3. The number of benzene rings is 3. The van der Waals surface area contributed by atoms with Crippen molar-refractivity contribution in [1.29, 1.82) is 0 Å². The Morgan fingerprint density at radius 1 is 0.947 bits per heavy atom. The summed E-state index contributed by atoms with van der Waals surface area (Å²) in [6.07, 6.45) is 0. The molecule has 38 heavy (non-hydrogen) atoms. The van der Waals surface area contributed by atoms with Gasteiger partial charge in [-0.25, -0.2) is 14.3 Å². The van der Waals surface area contributed by atoms with Crippen LogP contribution in [0.1, 0.15) is 10.4 Å². The highest BCUT2D eigenvalue weighted by Crippen LogP contribution is 2.33. The average Bonchev–Trinajstić information content (AvgIpc) is 3.43. The zero-order valence-electron chi connectivity index (χ0n) is 19.0. The van der Waals surface area contributed by atoms with Crippen LogP contribution in [-0.4, -0.2) is 22.7 Å². The second-order valence-electron chi connectivity index (χ2n) is 7.93. The van der Waals surface area contributed by atoms with Crippen molar-refractivity contribution < 1.29 is 18.8 Å². The third-order valence-electron chi connectivity index (χ3n) is 5.44. The number of carbonyl (C=O) groups is 3. The first-order valence-electron chi connectivity index (χ1n) is 10.8. The SMILES string of the molecule is O=C(Nc1nc(-c2ccc(Cl)cc2Cl)cs1)c1cccc(NC2=C(Cl)C(=O)N(c3ccc(F)cc3)C2=O)c1. The molecule has 0 aliphatic carbocycles. The van der Waals surface area contributed by atoms with Gasteiger partial charge in [0.05, 0.1) is 16.4 Å². The van der Waals surface area contributed by atoms with Crippen LogP contribution in [0.5, 0.6) is 0 Å². The van der Waals surface area contributed by atoms with Gasteiger partial charge in [0.15, 0.2) is 5.13 Å². The Labute approximate surface area is 234 Å². The Morgan fingerprint density at radius 2 is 1.71 bits per heavy atom. The number of aromatic nitrogens is 1. The molecule has 3 aromatic carbocycles. The van der Waals surface area contributed by atoms with Gasteiger partial charge < -0.3 is 5.32 Å². The molecule has 2 heterocycles. The predicted octanol–water partition coefficient (Wildman–Crippen LogP) is 6.94. The minimum Gasteiger partial charge on any atom is -0.350 e. The molecule has 1 aliphatic heterocycles. The maximum Gasteiger partial charge on any atom is 0.283 e. The van der Waals surface area contributed by atoms with E-state index in [2.05, 4.69) is 15.6 Å². The van der Waals surface area contributed by atoms with Crippen molar-refractivity contribution in [3.8, 4) is 11.3 Å². The molecular weight excluding hydrogens is 574 g/mol. The standard InChI is InChI=1S/C26H14Cl3FN4O3S/c27-14-4-9-18(19(28)11-14)20-12-38-26(32-20)33-23(35)13-2-1-3-16(10-13)31-22-21(29)24(36)34(25(22)37)17-7-5-15(30)6-8-17/h1-12,31H,(H,32,33,35). The largest absolute Gasteiger partial charge is 0.350 e. The molecule has 4 aromatic rings. The molecule has 0 fully saturated rings. The third-order valence-corrected chi connectivity index (χ3v) is 7.09. The van der Waals surface area contributed by atoms with E-state index in [-0.39, 0.29) is 22.0 Å². The summed E-state index contributed by atoms with van der Waals surface area (Å²) in [5.41, 5.74) is 1.88. The van der Waals surface area contributed by atoms with Gasteiger partial charge in [0, 0.05) is 27.2 Å². The second-order valence-corrected chi connectivity index (χ2v) is 10.0. The van der Waals surface area contributed by atoms with E-state index in [4.69, 9.17) is 34.8 Å². The summed E-state index contributed by atoms with van der Waals surface area (Å²) in [7, 11) is 0. The fourth-order valence-corrected chi connectivity index (χ4v) is 5.06. The molecule has 0 saturated carbocycles. The fraction of sp³-hybridized carbons (Fsp3) is 0. The van der Waals surface area contributed by atoms with Gasteiger partial charge in [0.1, 0.15) is 16.5 Å². The number of carbonyl (C=O) groups excluding carboxylic acids is 3. The Morgan fingerprint density at radius 3 is 2.45 bits per heavy atom. The van der Waals surface area contributed by atoms with Crippen LogP contribution in [0, 0.1) is 5.82 Å². The molecule has 7 nitrogen and oxygen atoms in total. The average molecular weight is 588 g/mol. The van der Waals surface area contributed by atoms with E-state index in [0.29, 0.717) is 32.1 Å². The minimum atomic E-state index is -0.750. The maximum atomic E-state index is 13.3. The van der Waals surface area contributed by atoms with Crippen LogP contribution in [0.25, 0.3) is 11.3 Å². The lowest BCUT2D eigenvalue weighted by Gasteiger charge is -2.15. The first-order valence-corrected chi connectivity index (χ1v) is 12.9. The van der Waals surface area contributed by atoms with E-state index >= 15 is 0 Å². The van der Waals surface area contributed by atoms with Crippen molar-refractivity contribution in [3.63, 3.8) is 0 Å². The molecule has 0 radical (unpaired) electrons. The van der Waals surface area contributed by atoms with Gasteiger partial charge in [-0.3, -0.25) is 19.7 Å². The van der Waals surface area contributed by atoms with Crippen molar-refractivity contribution in [2.24, 2.45) is 0 Å². The lowest BCUT2D eigenvalue weighted by molar-refractivity contribution is -0.120. The Kier molecular flexibility index (Phi) is 7.18. The van der Waals surface area contributed by atoms with Crippen LogP contribution in [0.3, 0.4) is 0 Å². The number of imide groups is 1. The molecule has 0 saturated heterocycles. The van der Waals surface area contributed by atoms with E-state index in [1.54, 1.807) is 41.8 Å². The summed E-state index contributed by atoms with van der Waals surface area (Å²) in [5, 5.41) is 8.27. The summed E-state index contributed by atoms with van der Waals surface area (Å²) in [6, 6.07) is 16.2. The molecule has 0 spiro atoms. The van der Waals surface area contributed by atoms with Gasteiger partial charge in [-0.2, -0.15) is 0 Å². The molecule has 5 rings (SSSR count). The number of hydrogen-bond donors (Lipinski definition) is 2. The zero-order chi connectivity index (χ0) is 27.0.